The van der Waals surface area contributed by atoms with Crippen LogP contribution in [0.25, 0.3) is 21.3 Å². The summed E-state index contributed by atoms with van der Waals surface area (Å²) in [6, 6.07) is 16.8. The van der Waals surface area contributed by atoms with Crippen molar-refractivity contribution in [2.24, 2.45) is 7.05 Å². The predicted octanol–water partition coefficient (Wildman–Crippen LogP) is 7.44. The van der Waals surface area contributed by atoms with E-state index in [9.17, 15) is 19.5 Å². The summed E-state index contributed by atoms with van der Waals surface area (Å²) in [5.74, 6) is -0.0843. The average molecular weight is 656 g/mol. The number of nitrogens with zero attached hydrogens (tertiary/aromatic N) is 3. The first-order valence-electron chi connectivity index (χ1n) is 15.1. The van der Waals surface area contributed by atoms with Crippen LogP contribution in [-0.2, 0) is 16.6 Å². The number of thiophene rings is 1. The van der Waals surface area contributed by atoms with Crippen molar-refractivity contribution in [2.45, 2.75) is 38.5 Å². The third-order valence-corrected chi connectivity index (χ3v) is 9.54. The van der Waals surface area contributed by atoms with Gasteiger partial charge in [-0.1, -0.05) is 30.3 Å². The zero-order valence-corrected chi connectivity index (χ0v) is 27.1. The van der Waals surface area contributed by atoms with Gasteiger partial charge >= 0.3 is 0 Å². The Balaban J connectivity index is 1.00. The number of hydrogen-bond donors (Lipinski definition) is 3. The molecule has 0 aliphatic carbocycles. The Labute approximate surface area is 275 Å². The van der Waals surface area contributed by atoms with E-state index in [1.54, 1.807) is 52.4 Å². The number of halogens is 1. The zero-order valence-electron chi connectivity index (χ0n) is 25.5. The maximum Gasteiger partial charge on any atom is 0.272 e. The summed E-state index contributed by atoms with van der Waals surface area (Å²) in [6.45, 7) is 2.42. The number of carbonyl (C=O) groups is 3. The highest BCUT2D eigenvalue weighted by Gasteiger charge is 2.34. The van der Waals surface area contributed by atoms with Gasteiger partial charge in [0.15, 0.2) is 0 Å². The lowest BCUT2D eigenvalue weighted by molar-refractivity contribution is -0.119. The van der Waals surface area contributed by atoms with Gasteiger partial charge in [0.25, 0.3) is 5.91 Å². The minimum atomic E-state index is -0.312. The molecule has 6 rings (SSSR count). The first kappa shape index (κ1) is 31.3. The smallest absolute Gasteiger partial charge is 0.272 e. The molecule has 2 aromatic carbocycles. The number of amides is 3. The molecule has 0 spiro atoms. The van der Waals surface area contributed by atoms with Gasteiger partial charge in [0, 0.05) is 55.9 Å². The maximum atomic E-state index is 13.2. The Morgan fingerprint density at radius 3 is 2.54 bits per heavy atom. The molecule has 0 unspecified atom stereocenters. The average Bonchev–Trinajstić information content (AvgIpc) is 3.78. The van der Waals surface area contributed by atoms with Crippen molar-refractivity contribution < 1.29 is 19.5 Å². The lowest BCUT2D eigenvalue weighted by Gasteiger charge is -2.18. The van der Waals surface area contributed by atoms with Crippen molar-refractivity contribution in [3.63, 3.8) is 0 Å². The van der Waals surface area contributed by atoms with Crippen LogP contribution in [0.5, 0.6) is 5.75 Å². The van der Waals surface area contributed by atoms with Gasteiger partial charge in [-0.2, -0.15) is 0 Å². The fourth-order valence-electron chi connectivity index (χ4n) is 6.08. The lowest BCUT2D eigenvalue weighted by Crippen LogP contribution is -2.29. The third kappa shape index (κ3) is 6.36. The van der Waals surface area contributed by atoms with E-state index in [1.807, 2.05) is 54.8 Å². The SMILES string of the molecule is Cc1cc(NC(=O)c2cc(NC(=O)CCCCC(=O)N3C[C@@H](CCl)c4c3cc(O)c3ccccc43)cn2C)cnc1-c1cccs1. The van der Waals surface area contributed by atoms with E-state index in [1.165, 1.54) is 0 Å². The molecule has 46 heavy (non-hydrogen) atoms. The van der Waals surface area contributed by atoms with Crippen molar-refractivity contribution in [2.75, 3.05) is 28.0 Å². The standard InChI is InChI=1S/C35H34ClN5O4S/c1-21-14-23(18-37-34(21)30-10-7-13-46-30)39-35(45)28-15-24(20-40(28)2)38-31(43)11-5-6-12-32(44)41-19-22(17-36)33-26-9-4-3-8-25(26)29(42)16-27(33)41/h3-4,7-10,13-16,18,20,22,42H,5-6,11-12,17,19H2,1-2H3,(H,38,43)(H,39,45)/t22-/m1/s1. The van der Waals surface area contributed by atoms with Crippen LogP contribution in [0, 0.1) is 6.92 Å². The van der Waals surface area contributed by atoms with Crippen LogP contribution in [0.1, 0.15) is 53.2 Å². The van der Waals surface area contributed by atoms with Gasteiger partial charge in [-0.3, -0.25) is 19.4 Å². The Kier molecular flexibility index (Phi) is 9.10. The fraction of sp³-hybridized carbons (Fsp3) is 0.257. The van der Waals surface area contributed by atoms with Gasteiger partial charge in [-0.05, 0) is 59.9 Å². The van der Waals surface area contributed by atoms with Crippen LogP contribution in [0.2, 0.25) is 0 Å². The van der Waals surface area contributed by atoms with Crippen molar-refractivity contribution in [3.8, 4) is 16.3 Å². The molecule has 1 aliphatic heterocycles. The fourth-order valence-corrected chi connectivity index (χ4v) is 7.12. The number of aryl methyl sites for hydroxylation is 2. The third-order valence-electron chi connectivity index (χ3n) is 8.29. The number of anilines is 3. The molecule has 5 aromatic rings. The molecule has 1 aliphatic rings. The van der Waals surface area contributed by atoms with Crippen LogP contribution in [0.3, 0.4) is 0 Å². The highest BCUT2D eigenvalue weighted by atomic mass is 35.5. The second kappa shape index (κ2) is 13.4. The van der Waals surface area contributed by atoms with Crippen molar-refractivity contribution in [1.82, 2.24) is 9.55 Å². The summed E-state index contributed by atoms with van der Waals surface area (Å²) < 4.78 is 1.66. The van der Waals surface area contributed by atoms with Gasteiger partial charge in [-0.25, -0.2) is 0 Å². The molecule has 3 aromatic heterocycles. The molecule has 11 heteroatoms. The highest BCUT2D eigenvalue weighted by molar-refractivity contribution is 7.13. The number of nitrogens with one attached hydrogen (secondary N) is 2. The molecule has 9 nitrogen and oxygen atoms in total. The second-order valence-corrected chi connectivity index (χ2v) is 12.8. The van der Waals surface area contributed by atoms with E-state index in [2.05, 4.69) is 15.6 Å². The molecular formula is C35H34ClN5O4S. The number of aromatic hydroxyl groups is 1. The summed E-state index contributed by atoms with van der Waals surface area (Å²) >= 11 is 7.91. The van der Waals surface area contributed by atoms with Crippen molar-refractivity contribution in [1.29, 1.82) is 0 Å². The minimum absolute atomic E-state index is 0.0209. The summed E-state index contributed by atoms with van der Waals surface area (Å²) in [4.78, 5) is 46.3. The molecule has 4 heterocycles. The van der Waals surface area contributed by atoms with Crippen LogP contribution >= 0.6 is 22.9 Å². The van der Waals surface area contributed by atoms with Crippen LogP contribution in [0.4, 0.5) is 17.1 Å². The van der Waals surface area contributed by atoms with E-state index in [-0.39, 0.29) is 42.2 Å². The van der Waals surface area contributed by atoms with Crippen molar-refractivity contribution in [3.05, 3.63) is 89.2 Å². The van der Waals surface area contributed by atoms with Gasteiger partial charge < -0.3 is 25.2 Å². The molecule has 3 N–H and O–H groups in total. The molecule has 3 amide bonds. The number of hydrogen-bond acceptors (Lipinski definition) is 6. The molecule has 0 saturated carbocycles. The number of aromatic nitrogens is 2. The van der Waals surface area contributed by atoms with E-state index in [0.29, 0.717) is 48.0 Å². The van der Waals surface area contributed by atoms with Crippen LogP contribution in [0.15, 0.2) is 72.4 Å². The number of unbranched alkanes of at least 4 members (excludes halogenated alkanes) is 1. The van der Waals surface area contributed by atoms with Gasteiger partial charge in [-0.15, -0.1) is 22.9 Å². The molecule has 0 radical (unpaired) electrons. The predicted molar refractivity (Wildman–Crippen MR) is 184 cm³/mol. The first-order valence-corrected chi connectivity index (χ1v) is 16.5. The molecule has 0 fully saturated rings. The molecule has 1 atom stereocenters. The number of alkyl halides is 1. The topological polar surface area (TPSA) is 117 Å². The number of pyridine rings is 1. The quantitative estimate of drug-likeness (QED) is 0.107. The Morgan fingerprint density at radius 1 is 1.02 bits per heavy atom. The zero-order chi connectivity index (χ0) is 32.4. The largest absolute Gasteiger partial charge is 0.507 e. The number of benzene rings is 2. The molecule has 0 bridgehead atoms. The highest BCUT2D eigenvalue weighted by Crippen LogP contribution is 2.45. The van der Waals surface area contributed by atoms with Crippen LogP contribution < -0.4 is 15.5 Å². The second-order valence-electron chi connectivity index (χ2n) is 11.5. The molecule has 236 valence electrons. The summed E-state index contributed by atoms with van der Waals surface area (Å²) in [5.41, 5.74) is 5.03. The van der Waals surface area contributed by atoms with Crippen LogP contribution in [-0.4, -0.2) is 44.8 Å². The lowest BCUT2D eigenvalue weighted by atomic mass is 9.95. The normalized spacial score (nSPS) is 14.0. The van der Waals surface area contributed by atoms with E-state index in [0.717, 1.165) is 32.5 Å². The van der Waals surface area contributed by atoms with Gasteiger partial charge in [0.2, 0.25) is 11.8 Å². The number of phenolic OH excluding ortho intramolecular Hbond substituents is 1. The van der Waals surface area contributed by atoms with Gasteiger partial charge in [0.05, 0.1) is 33.8 Å². The maximum absolute atomic E-state index is 13.2. The summed E-state index contributed by atoms with van der Waals surface area (Å²) in [5, 5.41) is 20.0. The van der Waals surface area contributed by atoms with E-state index < -0.39 is 0 Å². The first-order chi connectivity index (χ1) is 22.2. The Morgan fingerprint density at radius 2 is 1.80 bits per heavy atom. The van der Waals surface area contributed by atoms with Crippen molar-refractivity contribution >= 4 is 68.5 Å². The van der Waals surface area contributed by atoms with E-state index in [4.69, 9.17) is 11.6 Å². The molecule has 0 saturated heterocycles. The molecular weight excluding hydrogens is 622 g/mol. The summed E-state index contributed by atoms with van der Waals surface area (Å²) in [7, 11) is 1.74. The number of fused-ring (bicyclic) bond motifs is 3. The summed E-state index contributed by atoms with van der Waals surface area (Å²) in [6.07, 6.45) is 4.89. The Hall–Kier alpha value is -4.67. The monoisotopic (exact) mass is 655 g/mol. The minimum Gasteiger partial charge on any atom is -0.507 e. The number of carbonyl (C=O) groups excluding carboxylic acids is 3. The van der Waals surface area contributed by atoms with E-state index >= 15 is 0 Å². The van der Waals surface area contributed by atoms with Gasteiger partial charge in [0.1, 0.15) is 11.4 Å². The number of rotatable bonds is 10. The Bertz CT molecular complexity index is 1940. The number of phenols is 1.